The van der Waals surface area contributed by atoms with Crippen molar-refractivity contribution in [1.82, 2.24) is 4.31 Å². The Labute approximate surface area is 166 Å². The second-order valence-electron chi connectivity index (χ2n) is 5.95. The van der Waals surface area contributed by atoms with E-state index in [0.717, 1.165) is 4.47 Å². The fourth-order valence-corrected chi connectivity index (χ4v) is 4.27. The summed E-state index contributed by atoms with van der Waals surface area (Å²) in [5, 5.41) is 5.77. The van der Waals surface area contributed by atoms with Crippen molar-refractivity contribution in [2.45, 2.75) is 4.90 Å². The Balaban J connectivity index is 1.55. The zero-order chi connectivity index (χ0) is 19.3. The molecule has 1 fully saturated rings. The molecule has 0 aromatic heterocycles. The number of morpholine rings is 1. The topological polar surface area (TPSA) is 87.7 Å². The van der Waals surface area contributed by atoms with Crippen LogP contribution in [0.5, 0.6) is 0 Å². The van der Waals surface area contributed by atoms with E-state index in [1.165, 1.54) is 4.31 Å². The van der Waals surface area contributed by atoms with E-state index in [2.05, 4.69) is 26.6 Å². The normalized spacial score (nSPS) is 15.3. The number of hydrogen-bond acceptors (Lipinski definition) is 5. The standard InChI is InChI=1S/C18H20BrN3O4S/c19-14-1-3-16(4-2-14)21-18(23)13-20-15-5-7-17(8-6-15)27(24,25)22-9-11-26-12-10-22/h1-8,20H,9-13H2,(H,21,23). The quantitative estimate of drug-likeness (QED) is 0.701. The molecule has 9 heteroatoms. The molecule has 27 heavy (non-hydrogen) atoms. The van der Waals surface area contributed by atoms with Crippen LogP contribution in [0.1, 0.15) is 0 Å². The number of ether oxygens (including phenoxy) is 1. The van der Waals surface area contributed by atoms with Gasteiger partial charge in [-0.25, -0.2) is 8.42 Å². The molecule has 0 unspecified atom stereocenters. The number of nitrogens with zero attached hydrogens (tertiary/aromatic N) is 1. The highest BCUT2D eigenvalue weighted by molar-refractivity contribution is 9.10. The lowest BCUT2D eigenvalue weighted by molar-refractivity contribution is -0.114. The van der Waals surface area contributed by atoms with Gasteiger partial charge >= 0.3 is 0 Å². The van der Waals surface area contributed by atoms with E-state index in [0.29, 0.717) is 37.7 Å². The molecule has 1 aliphatic rings. The maximum Gasteiger partial charge on any atom is 0.243 e. The number of anilines is 2. The van der Waals surface area contributed by atoms with Crippen LogP contribution in [-0.2, 0) is 19.6 Å². The van der Waals surface area contributed by atoms with Crippen molar-refractivity contribution in [1.29, 1.82) is 0 Å². The molecule has 0 aliphatic carbocycles. The molecule has 0 atom stereocenters. The molecule has 0 spiro atoms. The average molecular weight is 454 g/mol. The lowest BCUT2D eigenvalue weighted by atomic mass is 10.3. The Morgan fingerprint density at radius 1 is 1.00 bits per heavy atom. The molecule has 144 valence electrons. The van der Waals surface area contributed by atoms with Gasteiger partial charge in [0.15, 0.2) is 0 Å². The summed E-state index contributed by atoms with van der Waals surface area (Å²) in [7, 11) is -3.51. The second-order valence-corrected chi connectivity index (χ2v) is 8.80. The Bertz CT molecular complexity index is 880. The SMILES string of the molecule is O=C(CNc1ccc(S(=O)(=O)N2CCOCC2)cc1)Nc1ccc(Br)cc1. The van der Waals surface area contributed by atoms with Crippen LogP contribution in [0.4, 0.5) is 11.4 Å². The highest BCUT2D eigenvalue weighted by Gasteiger charge is 2.26. The Kier molecular flexibility index (Phi) is 6.48. The summed E-state index contributed by atoms with van der Waals surface area (Å²) in [5.41, 5.74) is 1.37. The van der Waals surface area contributed by atoms with Gasteiger partial charge in [0, 0.05) is 28.9 Å². The zero-order valence-electron chi connectivity index (χ0n) is 14.5. The molecule has 0 radical (unpaired) electrons. The van der Waals surface area contributed by atoms with Gasteiger partial charge in [0.1, 0.15) is 0 Å². The molecule has 7 nitrogen and oxygen atoms in total. The highest BCUT2D eigenvalue weighted by Crippen LogP contribution is 2.19. The third-order valence-electron chi connectivity index (χ3n) is 4.04. The molecular weight excluding hydrogens is 434 g/mol. The van der Waals surface area contributed by atoms with Crippen LogP contribution in [0.25, 0.3) is 0 Å². The van der Waals surface area contributed by atoms with Gasteiger partial charge in [-0.3, -0.25) is 4.79 Å². The van der Waals surface area contributed by atoms with Gasteiger partial charge in [0.25, 0.3) is 0 Å². The first kappa shape index (κ1) is 19.8. The number of halogens is 1. The van der Waals surface area contributed by atoms with Crippen LogP contribution < -0.4 is 10.6 Å². The highest BCUT2D eigenvalue weighted by atomic mass is 79.9. The van der Waals surface area contributed by atoms with E-state index in [1.54, 1.807) is 36.4 Å². The second kappa shape index (κ2) is 8.83. The third kappa shape index (κ3) is 5.29. The van der Waals surface area contributed by atoms with Crippen molar-refractivity contribution in [3.05, 3.63) is 53.0 Å². The number of amides is 1. The first-order valence-electron chi connectivity index (χ1n) is 8.42. The minimum Gasteiger partial charge on any atom is -0.379 e. The summed E-state index contributed by atoms with van der Waals surface area (Å²) in [6.45, 7) is 1.61. The summed E-state index contributed by atoms with van der Waals surface area (Å²) >= 11 is 3.34. The summed E-state index contributed by atoms with van der Waals surface area (Å²) in [4.78, 5) is 12.2. The Morgan fingerprint density at radius 2 is 1.59 bits per heavy atom. The van der Waals surface area contributed by atoms with Gasteiger partial charge in [-0.05, 0) is 48.5 Å². The minimum absolute atomic E-state index is 0.0750. The summed E-state index contributed by atoms with van der Waals surface area (Å²) < 4.78 is 32.7. The number of rotatable bonds is 6. The number of carbonyl (C=O) groups is 1. The number of benzene rings is 2. The van der Waals surface area contributed by atoms with E-state index in [1.807, 2.05) is 12.1 Å². The number of carbonyl (C=O) groups excluding carboxylic acids is 1. The van der Waals surface area contributed by atoms with Crippen molar-refractivity contribution in [3.63, 3.8) is 0 Å². The molecular formula is C18H20BrN3O4S. The molecule has 1 aliphatic heterocycles. The maximum atomic E-state index is 12.6. The molecule has 2 aromatic carbocycles. The molecule has 3 rings (SSSR count). The fraction of sp³-hybridized carbons (Fsp3) is 0.278. The van der Waals surface area contributed by atoms with E-state index in [4.69, 9.17) is 4.74 Å². The van der Waals surface area contributed by atoms with E-state index < -0.39 is 10.0 Å². The summed E-state index contributed by atoms with van der Waals surface area (Å²) in [5.74, 6) is -0.192. The number of sulfonamides is 1. The maximum absolute atomic E-state index is 12.6. The summed E-state index contributed by atoms with van der Waals surface area (Å²) in [6.07, 6.45) is 0. The summed E-state index contributed by atoms with van der Waals surface area (Å²) in [6, 6.07) is 13.7. The number of nitrogens with one attached hydrogen (secondary N) is 2. The Morgan fingerprint density at radius 3 is 2.22 bits per heavy atom. The predicted octanol–water partition coefficient (Wildman–Crippen LogP) is 2.52. The minimum atomic E-state index is -3.51. The monoisotopic (exact) mass is 453 g/mol. The van der Waals surface area contributed by atoms with Crippen molar-refractivity contribution in [2.24, 2.45) is 0 Å². The largest absolute Gasteiger partial charge is 0.379 e. The predicted molar refractivity (Wildman–Crippen MR) is 107 cm³/mol. The first-order valence-corrected chi connectivity index (χ1v) is 10.7. The van der Waals surface area contributed by atoms with Crippen LogP contribution in [0, 0.1) is 0 Å². The lowest BCUT2D eigenvalue weighted by Crippen LogP contribution is -2.40. The van der Waals surface area contributed by atoms with Crippen molar-refractivity contribution >= 4 is 43.2 Å². The van der Waals surface area contributed by atoms with E-state index in [9.17, 15) is 13.2 Å². The Hall–Kier alpha value is -1.94. The van der Waals surface area contributed by atoms with Gasteiger partial charge in [-0.2, -0.15) is 4.31 Å². The van der Waals surface area contributed by atoms with Crippen LogP contribution >= 0.6 is 15.9 Å². The molecule has 2 aromatic rings. The lowest BCUT2D eigenvalue weighted by Gasteiger charge is -2.26. The first-order chi connectivity index (χ1) is 12.9. The molecule has 0 bridgehead atoms. The molecule has 1 heterocycles. The molecule has 2 N–H and O–H groups in total. The number of hydrogen-bond donors (Lipinski definition) is 2. The third-order valence-corrected chi connectivity index (χ3v) is 6.48. The van der Waals surface area contributed by atoms with Crippen LogP contribution in [-0.4, -0.2) is 51.5 Å². The molecule has 0 saturated carbocycles. The molecule has 1 saturated heterocycles. The van der Waals surface area contributed by atoms with Gasteiger partial charge in [0.05, 0.1) is 24.7 Å². The van der Waals surface area contributed by atoms with Crippen LogP contribution in [0.2, 0.25) is 0 Å². The smallest absolute Gasteiger partial charge is 0.243 e. The average Bonchev–Trinajstić information content (AvgIpc) is 2.69. The van der Waals surface area contributed by atoms with Gasteiger partial charge in [0.2, 0.25) is 15.9 Å². The molecule has 1 amide bonds. The van der Waals surface area contributed by atoms with Crippen LogP contribution in [0.15, 0.2) is 57.9 Å². The van der Waals surface area contributed by atoms with E-state index >= 15 is 0 Å². The van der Waals surface area contributed by atoms with Crippen LogP contribution in [0.3, 0.4) is 0 Å². The van der Waals surface area contributed by atoms with Gasteiger partial charge in [-0.1, -0.05) is 15.9 Å². The fourth-order valence-electron chi connectivity index (χ4n) is 2.60. The van der Waals surface area contributed by atoms with Crippen molar-refractivity contribution in [3.8, 4) is 0 Å². The van der Waals surface area contributed by atoms with Gasteiger partial charge in [-0.15, -0.1) is 0 Å². The van der Waals surface area contributed by atoms with E-state index in [-0.39, 0.29) is 17.3 Å². The zero-order valence-corrected chi connectivity index (χ0v) is 16.9. The van der Waals surface area contributed by atoms with Crippen molar-refractivity contribution in [2.75, 3.05) is 43.5 Å². The van der Waals surface area contributed by atoms with Crippen molar-refractivity contribution < 1.29 is 17.9 Å². The van der Waals surface area contributed by atoms with Gasteiger partial charge < -0.3 is 15.4 Å².